The third-order valence-corrected chi connectivity index (χ3v) is 6.34. The number of fused-ring (bicyclic) bond motifs is 1. The summed E-state index contributed by atoms with van der Waals surface area (Å²) in [5.74, 6) is 1.64. The third-order valence-electron chi connectivity index (χ3n) is 6.34. The predicted molar refractivity (Wildman–Crippen MR) is 114 cm³/mol. The molecule has 2 heterocycles. The molecule has 0 aliphatic carbocycles. The molecule has 0 radical (unpaired) electrons. The number of amides is 1. The van der Waals surface area contributed by atoms with Gasteiger partial charge >= 0.3 is 0 Å². The van der Waals surface area contributed by atoms with Crippen LogP contribution in [-0.4, -0.2) is 50.2 Å². The van der Waals surface area contributed by atoms with E-state index in [-0.39, 0.29) is 11.9 Å². The number of hydrogen-bond acceptors (Lipinski definition) is 4. The topological polar surface area (TPSA) is 50.8 Å². The molecule has 2 aliphatic rings. The molecule has 154 valence electrons. The lowest BCUT2D eigenvalue weighted by atomic mass is 9.80. The molecule has 2 aromatic carbocycles. The van der Waals surface area contributed by atoms with Gasteiger partial charge < -0.3 is 19.7 Å². The highest BCUT2D eigenvalue weighted by Gasteiger charge is 2.41. The van der Waals surface area contributed by atoms with Crippen LogP contribution in [0.5, 0.6) is 11.5 Å². The summed E-state index contributed by atoms with van der Waals surface area (Å²) < 4.78 is 10.8. The van der Waals surface area contributed by atoms with E-state index in [4.69, 9.17) is 9.47 Å². The maximum absolute atomic E-state index is 13.7. The Labute approximate surface area is 173 Å². The lowest BCUT2D eigenvalue weighted by Gasteiger charge is -2.44. The zero-order valence-electron chi connectivity index (χ0n) is 17.3. The lowest BCUT2D eigenvalue weighted by molar-refractivity contribution is 0.0571. The van der Waals surface area contributed by atoms with Crippen molar-refractivity contribution in [2.24, 2.45) is 0 Å². The Morgan fingerprint density at radius 2 is 1.86 bits per heavy atom. The Bertz CT molecular complexity index is 839. The van der Waals surface area contributed by atoms with E-state index >= 15 is 0 Å². The number of benzene rings is 2. The molecule has 0 aromatic heterocycles. The summed E-state index contributed by atoms with van der Waals surface area (Å²) in [5, 5.41) is 3.70. The molecule has 29 heavy (non-hydrogen) atoms. The molecule has 0 unspecified atom stereocenters. The summed E-state index contributed by atoms with van der Waals surface area (Å²) in [5.41, 5.74) is 1.93. The van der Waals surface area contributed by atoms with Crippen LogP contribution in [0.25, 0.3) is 0 Å². The van der Waals surface area contributed by atoms with Crippen molar-refractivity contribution >= 4 is 5.91 Å². The van der Waals surface area contributed by atoms with E-state index in [1.165, 1.54) is 5.56 Å². The molecule has 4 rings (SSSR count). The number of methoxy groups -OCH3 is 2. The number of nitrogens with one attached hydrogen (secondary N) is 1. The number of carbonyl (C=O) groups excluding carboxylic acids is 1. The molecular weight excluding hydrogens is 364 g/mol. The molecule has 5 nitrogen and oxygen atoms in total. The third kappa shape index (κ3) is 3.97. The van der Waals surface area contributed by atoms with Gasteiger partial charge in [0.15, 0.2) is 0 Å². The van der Waals surface area contributed by atoms with Gasteiger partial charge in [0.25, 0.3) is 5.91 Å². The van der Waals surface area contributed by atoms with E-state index in [0.717, 1.165) is 38.8 Å². The monoisotopic (exact) mass is 394 g/mol. The second-order valence-corrected chi connectivity index (χ2v) is 7.92. The molecule has 0 bridgehead atoms. The number of likely N-dealkylation sites (tertiary alicyclic amines) is 1. The lowest BCUT2D eigenvalue weighted by Crippen LogP contribution is -2.57. The van der Waals surface area contributed by atoms with Gasteiger partial charge in [0.1, 0.15) is 11.5 Å². The van der Waals surface area contributed by atoms with Crippen LogP contribution in [0, 0.1) is 0 Å². The Kier molecular flexibility index (Phi) is 6.05. The van der Waals surface area contributed by atoms with Crippen LogP contribution in [0.2, 0.25) is 0 Å². The smallest absolute Gasteiger partial charge is 0.257 e. The largest absolute Gasteiger partial charge is 0.497 e. The Morgan fingerprint density at radius 3 is 2.62 bits per heavy atom. The van der Waals surface area contributed by atoms with Gasteiger partial charge in [-0.05, 0) is 43.5 Å². The maximum Gasteiger partial charge on any atom is 0.257 e. The highest BCUT2D eigenvalue weighted by molar-refractivity contribution is 5.97. The van der Waals surface area contributed by atoms with E-state index < -0.39 is 0 Å². The zero-order valence-corrected chi connectivity index (χ0v) is 17.3. The summed E-state index contributed by atoms with van der Waals surface area (Å²) in [4.78, 5) is 15.8. The number of rotatable bonds is 4. The van der Waals surface area contributed by atoms with Crippen LogP contribution < -0.4 is 14.8 Å². The van der Waals surface area contributed by atoms with Gasteiger partial charge in [-0.25, -0.2) is 0 Å². The van der Waals surface area contributed by atoms with E-state index in [9.17, 15) is 4.79 Å². The van der Waals surface area contributed by atoms with Crippen molar-refractivity contribution in [3.63, 3.8) is 0 Å². The molecule has 0 saturated carbocycles. The fourth-order valence-electron chi connectivity index (χ4n) is 4.93. The van der Waals surface area contributed by atoms with Crippen molar-refractivity contribution in [1.29, 1.82) is 0 Å². The molecule has 1 N–H and O–H groups in total. The van der Waals surface area contributed by atoms with E-state index in [1.54, 1.807) is 20.3 Å². The Morgan fingerprint density at radius 1 is 1.03 bits per heavy atom. The first-order chi connectivity index (χ1) is 14.2. The van der Waals surface area contributed by atoms with Crippen molar-refractivity contribution < 1.29 is 14.3 Å². The minimum Gasteiger partial charge on any atom is -0.497 e. The van der Waals surface area contributed by atoms with Crippen LogP contribution in [0.4, 0.5) is 0 Å². The summed E-state index contributed by atoms with van der Waals surface area (Å²) in [6, 6.07) is 16.6. The minimum absolute atomic E-state index is 0.0473. The van der Waals surface area contributed by atoms with Crippen molar-refractivity contribution in [2.45, 2.75) is 43.7 Å². The average Bonchev–Trinajstić information content (AvgIpc) is 3.01. The molecule has 3 atom stereocenters. The first-order valence-corrected chi connectivity index (χ1v) is 10.5. The summed E-state index contributed by atoms with van der Waals surface area (Å²) in [7, 11) is 3.22. The molecule has 2 aliphatic heterocycles. The van der Waals surface area contributed by atoms with Gasteiger partial charge in [-0.1, -0.05) is 36.8 Å². The fraction of sp³-hybridized carbons (Fsp3) is 0.458. The summed E-state index contributed by atoms with van der Waals surface area (Å²) in [6.07, 6.45) is 4.31. The van der Waals surface area contributed by atoms with Crippen molar-refractivity contribution in [2.75, 3.05) is 27.3 Å². The van der Waals surface area contributed by atoms with Crippen LogP contribution in [0.3, 0.4) is 0 Å². The number of hydrogen-bond donors (Lipinski definition) is 1. The maximum atomic E-state index is 13.7. The van der Waals surface area contributed by atoms with E-state index in [1.807, 2.05) is 12.1 Å². The van der Waals surface area contributed by atoms with E-state index in [2.05, 4.69) is 40.5 Å². The fourth-order valence-corrected chi connectivity index (χ4v) is 4.93. The highest BCUT2D eigenvalue weighted by Crippen LogP contribution is 2.37. The summed E-state index contributed by atoms with van der Waals surface area (Å²) >= 11 is 0. The first-order valence-electron chi connectivity index (χ1n) is 10.5. The SMILES string of the molecule is COc1ccc(C(=O)N2CCCC[C@H]3NCC[C@H](c4ccccc4)[C@H]32)c(OC)c1. The van der Waals surface area contributed by atoms with Gasteiger partial charge in [0.05, 0.1) is 25.8 Å². The number of carbonyl (C=O) groups is 1. The Hall–Kier alpha value is -2.53. The standard InChI is InChI=1S/C24H30N2O3/c1-28-18-11-12-20(22(16-18)29-2)24(27)26-15-7-6-10-21-23(26)19(13-14-25-21)17-8-4-3-5-9-17/h3-5,8-9,11-12,16,19,21,23,25H,6-7,10,13-15H2,1-2H3/t19-,21-,23-/m1/s1. The average molecular weight is 395 g/mol. The second kappa shape index (κ2) is 8.87. The predicted octanol–water partition coefficient (Wildman–Crippen LogP) is 3.84. The Balaban J connectivity index is 1.71. The normalized spacial score (nSPS) is 24.3. The quantitative estimate of drug-likeness (QED) is 0.856. The molecular formula is C24H30N2O3. The van der Waals surface area contributed by atoms with Gasteiger partial charge in [-0.3, -0.25) is 4.79 Å². The van der Waals surface area contributed by atoms with Crippen LogP contribution in [0.1, 0.15) is 47.5 Å². The molecule has 2 aromatic rings. The number of piperidine rings is 1. The molecule has 5 heteroatoms. The number of nitrogens with zero attached hydrogens (tertiary/aromatic N) is 1. The van der Waals surface area contributed by atoms with Crippen LogP contribution in [-0.2, 0) is 0 Å². The minimum atomic E-state index is 0.0473. The van der Waals surface area contributed by atoms with Crippen molar-refractivity contribution in [3.05, 3.63) is 59.7 Å². The van der Waals surface area contributed by atoms with Gasteiger partial charge in [-0.2, -0.15) is 0 Å². The first kappa shape index (κ1) is 19.8. The van der Waals surface area contributed by atoms with E-state index in [0.29, 0.717) is 29.0 Å². The van der Waals surface area contributed by atoms with Gasteiger partial charge in [0, 0.05) is 24.6 Å². The summed E-state index contributed by atoms with van der Waals surface area (Å²) in [6.45, 7) is 1.77. The van der Waals surface area contributed by atoms with Crippen LogP contribution in [0.15, 0.2) is 48.5 Å². The van der Waals surface area contributed by atoms with Crippen molar-refractivity contribution in [3.8, 4) is 11.5 Å². The van der Waals surface area contributed by atoms with Gasteiger partial charge in [0.2, 0.25) is 0 Å². The highest BCUT2D eigenvalue weighted by atomic mass is 16.5. The molecule has 2 saturated heterocycles. The van der Waals surface area contributed by atoms with Crippen LogP contribution >= 0.6 is 0 Å². The zero-order chi connectivity index (χ0) is 20.2. The molecule has 2 fully saturated rings. The molecule has 0 spiro atoms. The van der Waals surface area contributed by atoms with Gasteiger partial charge in [-0.15, -0.1) is 0 Å². The number of ether oxygens (including phenoxy) is 2. The van der Waals surface area contributed by atoms with Crippen molar-refractivity contribution in [1.82, 2.24) is 10.2 Å². The molecule has 1 amide bonds. The second-order valence-electron chi connectivity index (χ2n) is 7.92.